The lowest BCUT2D eigenvalue weighted by atomic mass is 10.0. The highest BCUT2D eigenvalue weighted by Crippen LogP contribution is 2.31. The third-order valence-electron chi connectivity index (χ3n) is 3.59. The van der Waals surface area contributed by atoms with Crippen molar-refractivity contribution in [3.8, 4) is 0 Å². The number of hydrogen-bond acceptors (Lipinski definition) is 2. The van der Waals surface area contributed by atoms with Crippen LogP contribution in [0, 0.1) is 0 Å². The van der Waals surface area contributed by atoms with Crippen LogP contribution < -0.4 is 10.2 Å². The molecular weight excluding hydrogens is 276 g/mol. The van der Waals surface area contributed by atoms with E-state index in [0.29, 0.717) is 6.04 Å². The fourth-order valence-electron chi connectivity index (χ4n) is 2.45. The van der Waals surface area contributed by atoms with Crippen molar-refractivity contribution in [2.75, 3.05) is 25.0 Å². The first-order chi connectivity index (χ1) is 8.22. The van der Waals surface area contributed by atoms with E-state index in [4.69, 9.17) is 0 Å². The van der Waals surface area contributed by atoms with Crippen LogP contribution in [0.3, 0.4) is 0 Å². The van der Waals surface area contributed by atoms with Crippen LogP contribution in [0.5, 0.6) is 0 Å². The van der Waals surface area contributed by atoms with Crippen molar-refractivity contribution in [1.29, 1.82) is 0 Å². The maximum absolute atomic E-state index is 3.57. The molecule has 0 aliphatic carbocycles. The Hall–Kier alpha value is -0.540. The molecule has 2 rings (SSSR count). The van der Waals surface area contributed by atoms with E-state index in [9.17, 15) is 0 Å². The lowest BCUT2D eigenvalue weighted by Crippen LogP contribution is -2.31. The number of anilines is 1. The molecule has 0 radical (unpaired) electrons. The van der Waals surface area contributed by atoms with Gasteiger partial charge in [0.05, 0.1) is 0 Å². The van der Waals surface area contributed by atoms with E-state index in [2.05, 4.69) is 51.3 Å². The van der Waals surface area contributed by atoms with Gasteiger partial charge in [-0.2, -0.15) is 0 Å². The summed E-state index contributed by atoms with van der Waals surface area (Å²) in [6.45, 7) is 4.62. The van der Waals surface area contributed by atoms with Gasteiger partial charge in [-0.1, -0.05) is 15.9 Å². The largest absolute Gasteiger partial charge is 0.371 e. The molecular formula is C14H21BrN2. The zero-order valence-corrected chi connectivity index (χ0v) is 12.3. The summed E-state index contributed by atoms with van der Waals surface area (Å²) in [6, 6.07) is 7.03. The van der Waals surface area contributed by atoms with Gasteiger partial charge in [0, 0.05) is 29.3 Å². The van der Waals surface area contributed by atoms with E-state index in [-0.39, 0.29) is 0 Å². The van der Waals surface area contributed by atoms with Crippen molar-refractivity contribution in [2.24, 2.45) is 0 Å². The lowest BCUT2D eigenvalue weighted by molar-refractivity contribution is 0.570. The van der Waals surface area contributed by atoms with E-state index in [1.165, 1.54) is 43.6 Å². The summed E-state index contributed by atoms with van der Waals surface area (Å²) in [7, 11) is 2.02. The molecule has 2 nitrogen and oxygen atoms in total. The monoisotopic (exact) mass is 296 g/mol. The van der Waals surface area contributed by atoms with Crippen LogP contribution in [0.15, 0.2) is 22.7 Å². The number of piperidine rings is 1. The van der Waals surface area contributed by atoms with Crippen molar-refractivity contribution in [3.63, 3.8) is 0 Å². The number of halogens is 1. The highest BCUT2D eigenvalue weighted by Gasteiger charge is 2.17. The SMILES string of the molecule is CNC(C)c1cc(Br)ccc1N1CCCCC1. The third-order valence-corrected chi connectivity index (χ3v) is 4.08. The first-order valence-corrected chi connectivity index (χ1v) is 7.23. The Labute approximate surface area is 113 Å². The first-order valence-electron chi connectivity index (χ1n) is 6.44. The van der Waals surface area contributed by atoms with Gasteiger partial charge in [0.2, 0.25) is 0 Å². The topological polar surface area (TPSA) is 15.3 Å². The predicted molar refractivity (Wildman–Crippen MR) is 77.7 cm³/mol. The minimum atomic E-state index is 0.393. The Morgan fingerprint density at radius 2 is 1.94 bits per heavy atom. The van der Waals surface area contributed by atoms with Gasteiger partial charge in [-0.25, -0.2) is 0 Å². The summed E-state index contributed by atoms with van der Waals surface area (Å²) in [6.07, 6.45) is 4.02. The van der Waals surface area contributed by atoms with Crippen LogP contribution in [-0.2, 0) is 0 Å². The van der Waals surface area contributed by atoms with E-state index in [0.717, 1.165) is 4.47 Å². The summed E-state index contributed by atoms with van der Waals surface area (Å²) >= 11 is 3.57. The zero-order valence-electron chi connectivity index (χ0n) is 10.7. The van der Waals surface area contributed by atoms with Crippen molar-refractivity contribution >= 4 is 21.6 Å². The maximum atomic E-state index is 3.57. The first kappa shape index (κ1) is 12.9. The van der Waals surface area contributed by atoms with E-state index < -0.39 is 0 Å². The number of benzene rings is 1. The molecule has 1 unspecified atom stereocenters. The Bertz CT molecular complexity index is 372. The second-order valence-electron chi connectivity index (χ2n) is 4.76. The minimum absolute atomic E-state index is 0.393. The molecule has 17 heavy (non-hydrogen) atoms. The Kier molecular flexibility index (Phi) is 4.46. The number of hydrogen-bond donors (Lipinski definition) is 1. The highest BCUT2D eigenvalue weighted by atomic mass is 79.9. The van der Waals surface area contributed by atoms with Gasteiger partial charge in [0.1, 0.15) is 0 Å². The molecule has 1 aromatic rings. The molecule has 1 saturated heterocycles. The normalized spacial score (nSPS) is 18.2. The second kappa shape index (κ2) is 5.87. The maximum Gasteiger partial charge on any atom is 0.0415 e. The molecule has 0 bridgehead atoms. The molecule has 0 spiro atoms. The molecule has 94 valence electrons. The molecule has 1 heterocycles. The predicted octanol–water partition coefficient (Wildman–Crippen LogP) is 3.72. The molecule has 0 saturated carbocycles. The summed E-state index contributed by atoms with van der Waals surface area (Å²) in [5, 5.41) is 3.34. The fourth-order valence-corrected chi connectivity index (χ4v) is 2.83. The van der Waals surface area contributed by atoms with E-state index in [1.807, 2.05) is 7.05 Å². The van der Waals surface area contributed by atoms with Crippen molar-refractivity contribution in [3.05, 3.63) is 28.2 Å². The summed E-state index contributed by atoms with van der Waals surface area (Å²) in [4.78, 5) is 2.53. The Morgan fingerprint density at radius 1 is 1.24 bits per heavy atom. The summed E-state index contributed by atoms with van der Waals surface area (Å²) in [5.41, 5.74) is 2.79. The van der Waals surface area contributed by atoms with Crippen LogP contribution in [-0.4, -0.2) is 20.1 Å². The van der Waals surface area contributed by atoms with Gasteiger partial charge in [-0.3, -0.25) is 0 Å². The minimum Gasteiger partial charge on any atom is -0.371 e. The summed E-state index contributed by atoms with van der Waals surface area (Å²) in [5.74, 6) is 0. The van der Waals surface area contributed by atoms with Gasteiger partial charge >= 0.3 is 0 Å². The smallest absolute Gasteiger partial charge is 0.0415 e. The van der Waals surface area contributed by atoms with Crippen LogP contribution in [0.1, 0.15) is 37.8 Å². The van der Waals surface area contributed by atoms with E-state index >= 15 is 0 Å². The van der Waals surface area contributed by atoms with Crippen LogP contribution in [0.25, 0.3) is 0 Å². The van der Waals surface area contributed by atoms with Crippen molar-refractivity contribution in [1.82, 2.24) is 5.32 Å². The van der Waals surface area contributed by atoms with Crippen molar-refractivity contribution in [2.45, 2.75) is 32.2 Å². The molecule has 3 heteroatoms. The quantitative estimate of drug-likeness (QED) is 0.914. The molecule has 1 aliphatic rings. The highest BCUT2D eigenvalue weighted by molar-refractivity contribution is 9.10. The van der Waals surface area contributed by atoms with Gasteiger partial charge in [0.15, 0.2) is 0 Å². The molecule has 1 N–H and O–H groups in total. The van der Waals surface area contributed by atoms with Crippen LogP contribution in [0.2, 0.25) is 0 Å². The lowest BCUT2D eigenvalue weighted by Gasteiger charge is -2.32. The van der Waals surface area contributed by atoms with Gasteiger partial charge < -0.3 is 10.2 Å². The average Bonchev–Trinajstić information content (AvgIpc) is 2.38. The molecule has 1 aromatic carbocycles. The zero-order chi connectivity index (χ0) is 12.3. The third kappa shape index (κ3) is 3.02. The van der Waals surface area contributed by atoms with E-state index in [1.54, 1.807) is 0 Å². The average molecular weight is 297 g/mol. The fraction of sp³-hybridized carbons (Fsp3) is 0.571. The number of nitrogens with one attached hydrogen (secondary N) is 1. The standard InChI is InChI=1S/C14H21BrN2/c1-11(16-2)13-10-12(15)6-7-14(13)17-8-4-3-5-9-17/h6-7,10-11,16H,3-5,8-9H2,1-2H3. The molecule has 0 amide bonds. The Morgan fingerprint density at radius 3 is 2.59 bits per heavy atom. The number of nitrogens with zero attached hydrogens (tertiary/aromatic N) is 1. The van der Waals surface area contributed by atoms with Crippen LogP contribution in [0.4, 0.5) is 5.69 Å². The van der Waals surface area contributed by atoms with Crippen LogP contribution >= 0.6 is 15.9 Å². The molecule has 1 aliphatic heterocycles. The Balaban J connectivity index is 2.30. The molecule has 0 aromatic heterocycles. The van der Waals surface area contributed by atoms with Gasteiger partial charge in [0.25, 0.3) is 0 Å². The second-order valence-corrected chi connectivity index (χ2v) is 5.68. The summed E-state index contributed by atoms with van der Waals surface area (Å²) < 4.78 is 1.16. The van der Waals surface area contributed by atoms with Gasteiger partial charge in [-0.05, 0) is 57.0 Å². The number of rotatable bonds is 3. The molecule has 1 fully saturated rings. The van der Waals surface area contributed by atoms with Crippen molar-refractivity contribution < 1.29 is 0 Å². The van der Waals surface area contributed by atoms with Gasteiger partial charge in [-0.15, -0.1) is 0 Å². The molecule has 1 atom stereocenters.